The fourth-order valence-electron chi connectivity index (χ4n) is 7.96. The summed E-state index contributed by atoms with van der Waals surface area (Å²) in [5.41, 5.74) is 0.623. The van der Waals surface area contributed by atoms with Gasteiger partial charge in [-0.15, -0.1) is 0 Å². The maximum absolute atomic E-state index is 13.8. The highest BCUT2D eigenvalue weighted by Gasteiger charge is 2.57. The van der Waals surface area contributed by atoms with E-state index >= 15 is 0 Å². The maximum atomic E-state index is 13.8. The summed E-state index contributed by atoms with van der Waals surface area (Å²) in [6, 6.07) is 10.4. The molecular weight excluding hydrogens is 370 g/mol. The zero-order valence-corrected chi connectivity index (χ0v) is 18.5. The number of nitrogens with zero attached hydrogens (tertiary/aromatic N) is 3. The molecule has 4 heteroatoms. The van der Waals surface area contributed by atoms with Gasteiger partial charge in [-0.3, -0.25) is 19.6 Å². The van der Waals surface area contributed by atoms with Gasteiger partial charge in [0.15, 0.2) is 0 Å². The Morgan fingerprint density at radius 1 is 0.900 bits per heavy atom. The highest BCUT2D eigenvalue weighted by atomic mass is 16.2. The van der Waals surface area contributed by atoms with Crippen LogP contribution in [-0.4, -0.2) is 41.3 Å². The van der Waals surface area contributed by atoms with E-state index in [0.29, 0.717) is 0 Å². The minimum atomic E-state index is -0.443. The van der Waals surface area contributed by atoms with Crippen molar-refractivity contribution < 1.29 is 4.79 Å². The van der Waals surface area contributed by atoms with Crippen LogP contribution in [-0.2, 0) is 4.79 Å². The molecule has 6 fully saturated rings. The van der Waals surface area contributed by atoms with Gasteiger partial charge in [-0.25, -0.2) is 0 Å². The molecule has 1 aromatic rings. The zero-order chi connectivity index (χ0) is 20.5. The number of rotatable bonds is 3. The van der Waals surface area contributed by atoms with Gasteiger partial charge in [0.05, 0.1) is 22.7 Å². The molecule has 0 spiro atoms. The Morgan fingerprint density at radius 3 is 2.03 bits per heavy atom. The lowest BCUT2D eigenvalue weighted by atomic mass is 9.53. The monoisotopic (exact) mass is 405 g/mol. The number of amides is 1. The second-order valence-corrected chi connectivity index (χ2v) is 11.5. The molecule has 1 aromatic carbocycles. The van der Waals surface area contributed by atoms with E-state index in [1.54, 1.807) is 0 Å². The lowest BCUT2D eigenvalue weighted by molar-refractivity contribution is -0.125. The number of benzene rings is 1. The van der Waals surface area contributed by atoms with Crippen LogP contribution in [0.5, 0.6) is 0 Å². The van der Waals surface area contributed by atoms with Crippen LogP contribution in [0.1, 0.15) is 65.2 Å². The van der Waals surface area contributed by atoms with E-state index in [1.165, 1.54) is 51.4 Å². The van der Waals surface area contributed by atoms with Gasteiger partial charge in [-0.05, 0) is 108 Å². The third kappa shape index (κ3) is 2.82. The number of anilines is 1. The van der Waals surface area contributed by atoms with E-state index in [-0.39, 0.29) is 17.5 Å². The highest BCUT2D eigenvalue weighted by molar-refractivity contribution is 6.27. The maximum Gasteiger partial charge on any atom is 0.240 e. The molecule has 4 aliphatic carbocycles. The van der Waals surface area contributed by atoms with E-state index in [9.17, 15) is 4.79 Å². The average Bonchev–Trinajstić information content (AvgIpc) is 3.27. The molecule has 4 bridgehead atoms. The van der Waals surface area contributed by atoms with Crippen LogP contribution >= 0.6 is 0 Å². The molecule has 1 amide bonds. The van der Waals surface area contributed by atoms with E-state index in [4.69, 9.17) is 4.99 Å². The molecule has 1 atom stereocenters. The Kier molecular flexibility index (Phi) is 4.22. The van der Waals surface area contributed by atoms with Crippen LogP contribution in [0.2, 0.25) is 0 Å². The zero-order valence-electron chi connectivity index (χ0n) is 18.5. The lowest BCUT2D eigenvalue weighted by Crippen LogP contribution is -2.52. The summed E-state index contributed by atoms with van der Waals surface area (Å²) >= 11 is 0. The van der Waals surface area contributed by atoms with E-state index in [0.717, 1.165) is 42.4 Å². The highest BCUT2D eigenvalue weighted by Crippen LogP contribution is 2.58. The summed E-state index contributed by atoms with van der Waals surface area (Å²) in [4.78, 5) is 24.0. The second-order valence-electron chi connectivity index (χ2n) is 11.5. The van der Waals surface area contributed by atoms with E-state index < -0.39 is 5.41 Å². The Balaban J connectivity index is 1.48. The van der Waals surface area contributed by atoms with Gasteiger partial charge in [0.25, 0.3) is 0 Å². The second kappa shape index (κ2) is 6.66. The van der Waals surface area contributed by atoms with Gasteiger partial charge in [0.2, 0.25) is 5.91 Å². The summed E-state index contributed by atoms with van der Waals surface area (Å²) in [5, 5.41) is 0. The summed E-state index contributed by atoms with van der Waals surface area (Å²) in [7, 11) is 0. The molecule has 2 aliphatic heterocycles. The molecule has 0 radical (unpaired) electrons. The normalized spacial score (nSPS) is 41.3. The van der Waals surface area contributed by atoms with E-state index in [2.05, 4.69) is 30.9 Å². The van der Waals surface area contributed by atoms with Crippen molar-refractivity contribution in [3.8, 4) is 0 Å². The van der Waals surface area contributed by atoms with Crippen molar-refractivity contribution in [1.29, 1.82) is 0 Å². The average molecular weight is 406 g/mol. The predicted octanol–water partition coefficient (Wildman–Crippen LogP) is 4.89. The number of amidine groups is 1. The first kappa shape index (κ1) is 19.0. The molecule has 6 aliphatic rings. The van der Waals surface area contributed by atoms with Gasteiger partial charge in [-0.1, -0.05) is 18.2 Å². The van der Waals surface area contributed by atoms with Crippen LogP contribution in [0, 0.1) is 23.2 Å². The first-order valence-corrected chi connectivity index (χ1v) is 12.2. The summed E-state index contributed by atoms with van der Waals surface area (Å²) in [6.45, 7) is 6.47. The molecule has 0 N–H and O–H groups in total. The third-order valence-electron chi connectivity index (χ3n) is 8.79. The third-order valence-corrected chi connectivity index (χ3v) is 8.79. The van der Waals surface area contributed by atoms with Gasteiger partial charge < -0.3 is 0 Å². The molecule has 7 rings (SSSR count). The van der Waals surface area contributed by atoms with Gasteiger partial charge >= 0.3 is 0 Å². The Labute approximate surface area is 180 Å². The van der Waals surface area contributed by atoms with Crippen LogP contribution in [0.4, 0.5) is 5.69 Å². The molecule has 4 nitrogen and oxygen atoms in total. The van der Waals surface area contributed by atoms with Crippen molar-refractivity contribution in [2.45, 2.75) is 76.8 Å². The fourth-order valence-corrected chi connectivity index (χ4v) is 7.96. The minimum absolute atomic E-state index is 0.0792. The first-order chi connectivity index (χ1) is 14.5. The summed E-state index contributed by atoms with van der Waals surface area (Å²) in [6.07, 6.45) is 10.5. The molecular formula is C26H35N3O. The van der Waals surface area contributed by atoms with Crippen LogP contribution < -0.4 is 4.90 Å². The molecule has 4 saturated carbocycles. The number of carbonyl (C=O) groups excluding carboxylic acids is 1. The van der Waals surface area contributed by atoms with Gasteiger partial charge in [0, 0.05) is 0 Å². The molecule has 0 aromatic heterocycles. The Bertz CT molecular complexity index is 832. The largest absolute Gasteiger partial charge is 0.293 e. The Hall–Kier alpha value is -1.68. The fraction of sp³-hybridized carbons (Fsp3) is 0.692. The van der Waals surface area contributed by atoms with Gasteiger partial charge in [0.1, 0.15) is 5.84 Å². The quantitative estimate of drug-likeness (QED) is 0.718. The number of likely N-dealkylation sites (tertiary alicyclic amines) is 1. The first-order valence-electron chi connectivity index (χ1n) is 12.2. The van der Waals surface area contributed by atoms with E-state index in [1.807, 2.05) is 23.1 Å². The lowest BCUT2D eigenvalue weighted by Gasteiger charge is -2.55. The SMILES string of the molecule is CC1(C)C(=O)N(c2ccccc2)C(=NC23CC4CC(CC(C4)C2)C3)[C@@H]1N1CCCC1. The van der Waals surface area contributed by atoms with Crippen molar-refractivity contribution in [3.63, 3.8) is 0 Å². The molecule has 0 unspecified atom stereocenters. The molecule has 30 heavy (non-hydrogen) atoms. The predicted molar refractivity (Wildman–Crippen MR) is 121 cm³/mol. The summed E-state index contributed by atoms with van der Waals surface area (Å²) < 4.78 is 0. The number of hydrogen-bond acceptors (Lipinski definition) is 3. The number of hydrogen-bond donors (Lipinski definition) is 0. The summed E-state index contributed by atoms with van der Waals surface area (Å²) in [5.74, 6) is 3.86. The smallest absolute Gasteiger partial charge is 0.240 e. The topological polar surface area (TPSA) is 35.9 Å². The Morgan fingerprint density at radius 2 is 1.47 bits per heavy atom. The van der Waals surface area contributed by atoms with Crippen molar-refractivity contribution in [2.75, 3.05) is 18.0 Å². The van der Waals surface area contributed by atoms with Crippen molar-refractivity contribution >= 4 is 17.4 Å². The number of carbonyl (C=O) groups is 1. The van der Waals surface area contributed by atoms with Crippen LogP contribution in [0.3, 0.4) is 0 Å². The van der Waals surface area contributed by atoms with Gasteiger partial charge in [-0.2, -0.15) is 0 Å². The standard InChI is InChI=1S/C26H35N3O/c1-25(2)22(28-10-6-7-11-28)23(29(24(25)30)21-8-4-3-5-9-21)27-26-15-18-12-19(16-26)14-20(13-18)17-26/h3-5,8-9,18-20,22H,6-7,10-17H2,1-2H3/t18?,19?,20?,22-,26?/m0/s1. The van der Waals surface area contributed by atoms with Crippen molar-refractivity contribution in [1.82, 2.24) is 4.90 Å². The van der Waals surface area contributed by atoms with Crippen LogP contribution in [0.15, 0.2) is 35.3 Å². The molecule has 2 saturated heterocycles. The molecule has 160 valence electrons. The van der Waals surface area contributed by atoms with Crippen LogP contribution in [0.25, 0.3) is 0 Å². The minimum Gasteiger partial charge on any atom is -0.293 e. The van der Waals surface area contributed by atoms with Crippen molar-refractivity contribution in [3.05, 3.63) is 30.3 Å². The molecule has 2 heterocycles. The van der Waals surface area contributed by atoms with Crippen molar-refractivity contribution in [2.24, 2.45) is 28.2 Å². The number of aliphatic imine (C=N–C) groups is 1. The number of para-hydroxylation sites is 1.